The molecule has 1 aromatic heterocycles. The lowest BCUT2D eigenvalue weighted by molar-refractivity contribution is -0.384. The summed E-state index contributed by atoms with van der Waals surface area (Å²) >= 11 is 3.19. The number of pyridine rings is 1. The quantitative estimate of drug-likeness (QED) is 0.638. The highest BCUT2D eigenvalue weighted by Gasteiger charge is 2.20. The summed E-state index contributed by atoms with van der Waals surface area (Å²) in [5.74, 6) is -0.0370. The second-order valence-corrected chi connectivity index (χ2v) is 3.28. The van der Waals surface area contributed by atoms with Gasteiger partial charge in [-0.05, 0) is 22.4 Å². The Balaban J connectivity index is 3.43. The zero-order valence-corrected chi connectivity index (χ0v) is 8.54. The number of anilines is 1. The van der Waals surface area contributed by atoms with Crippen LogP contribution in [-0.2, 0) is 6.42 Å². The summed E-state index contributed by atoms with van der Waals surface area (Å²) in [6, 6.07) is 0. The first-order chi connectivity index (χ1) is 6.07. The third kappa shape index (κ3) is 1.77. The number of hydrogen-bond acceptors (Lipinski definition) is 4. The van der Waals surface area contributed by atoms with Gasteiger partial charge in [0.15, 0.2) is 0 Å². The number of hydrogen-bond donors (Lipinski definition) is 1. The van der Waals surface area contributed by atoms with Crippen molar-refractivity contribution in [3.63, 3.8) is 0 Å². The molecular formula is C7H8BrN3O2. The van der Waals surface area contributed by atoms with Crippen molar-refractivity contribution < 1.29 is 4.92 Å². The predicted molar refractivity (Wildman–Crippen MR) is 52.4 cm³/mol. The monoisotopic (exact) mass is 245 g/mol. The highest BCUT2D eigenvalue weighted by molar-refractivity contribution is 9.10. The van der Waals surface area contributed by atoms with Gasteiger partial charge in [0.25, 0.3) is 0 Å². The van der Waals surface area contributed by atoms with E-state index in [2.05, 4.69) is 20.9 Å². The summed E-state index contributed by atoms with van der Waals surface area (Å²) in [5.41, 5.74) is 5.87. The minimum absolute atomic E-state index is 0.0370. The van der Waals surface area contributed by atoms with Gasteiger partial charge in [-0.3, -0.25) is 10.1 Å². The zero-order chi connectivity index (χ0) is 10.0. The second kappa shape index (κ2) is 3.69. The Labute approximate surface area is 83.2 Å². The Bertz CT molecular complexity index is 354. The molecule has 1 aromatic rings. The Hall–Kier alpha value is -1.17. The van der Waals surface area contributed by atoms with E-state index in [1.54, 1.807) is 0 Å². The molecule has 0 bridgehead atoms. The van der Waals surface area contributed by atoms with Gasteiger partial charge in [0.05, 0.1) is 4.92 Å². The molecule has 0 amide bonds. The topological polar surface area (TPSA) is 82.0 Å². The van der Waals surface area contributed by atoms with E-state index in [1.807, 2.05) is 6.92 Å². The van der Waals surface area contributed by atoms with Crippen LogP contribution < -0.4 is 5.73 Å². The first kappa shape index (κ1) is 9.91. The molecule has 6 heteroatoms. The van der Waals surface area contributed by atoms with Gasteiger partial charge in [0.2, 0.25) is 5.82 Å². The van der Waals surface area contributed by atoms with Crippen molar-refractivity contribution in [2.24, 2.45) is 0 Å². The number of rotatable bonds is 2. The van der Waals surface area contributed by atoms with E-state index in [0.717, 1.165) is 0 Å². The van der Waals surface area contributed by atoms with E-state index in [0.29, 0.717) is 16.5 Å². The average Bonchev–Trinajstić information content (AvgIpc) is 2.07. The van der Waals surface area contributed by atoms with Crippen molar-refractivity contribution in [3.05, 3.63) is 26.3 Å². The maximum Gasteiger partial charge on any atom is 0.315 e. The zero-order valence-electron chi connectivity index (χ0n) is 6.95. The normalized spacial score (nSPS) is 10.0. The highest BCUT2D eigenvalue weighted by Crippen LogP contribution is 2.30. The first-order valence-corrected chi connectivity index (χ1v) is 4.44. The van der Waals surface area contributed by atoms with Gasteiger partial charge in [-0.25, -0.2) is 4.98 Å². The Morgan fingerprint density at radius 3 is 2.77 bits per heavy atom. The van der Waals surface area contributed by atoms with Gasteiger partial charge in [-0.2, -0.15) is 0 Å². The average molecular weight is 246 g/mol. The number of halogens is 1. The molecule has 0 radical (unpaired) electrons. The number of nitrogens with zero attached hydrogens (tertiary/aromatic N) is 2. The largest absolute Gasteiger partial charge is 0.378 e. The summed E-state index contributed by atoms with van der Waals surface area (Å²) in [6.45, 7) is 1.83. The fourth-order valence-corrected chi connectivity index (χ4v) is 1.64. The van der Waals surface area contributed by atoms with Crippen LogP contribution in [0, 0.1) is 10.1 Å². The SMILES string of the molecule is CCc1c(Br)cnc(N)c1[N+](=O)[O-]. The van der Waals surface area contributed by atoms with Crippen molar-refractivity contribution in [3.8, 4) is 0 Å². The van der Waals surface area contributed by atoms with Crippen molar-refractivity contribution >= 4 is 27.4 Å². The van der Waals surface area contributed by atoms with Crippen LogP contribution in [0.2, 0.25) is 0 Å². The molecule has 0 fully saturated rings. The number of aromatic nitrogens is 1. The molecule has 0 unspecified atom stereocenters. The summed E-state index contributed by atoms with van der Waals surface area (Å²) in [7, 11) is 0. The Kier molecular flexibility index (Phi) is 2.82. The van der Waals surface area contributed by atoms with E-state index in [-0.39, 0.29) is 11.5 Å². The number of nitrogen functional groups attached to an aromatic ring is 1. The van der Waals surface area contributed by atoms with Gasteiger partial charge in [0, 0.05) is 16.2 Å². The number of nitro groups is 1. The van der Waals surface area contributed by atoms with Crippen LogP contribution in [0.25, 0.3) is 0 Å². The molecule has 0 aromatic carbocycles. The lowest BCUT2D eigenvalue weighted by Crippen LogP contribution is -2.02. The summed E-state index contributed by atoms with van der Waals surface area (Å²) in [5, 5.41) is 10.6. The van der Waals surface area contributed by atoms with Gasteiger partial charge in [0.1, 0.15) is 0 Å². The molecule has 0 saturated heterocycles. The lowest BCUT2D eigenvalue weighted by atomic mass is 10.2. The van der Waals surface area contributed by atoms with Crippen LogP contribution in [0.15, 0.2) is 10.7 Å². The molecule has 0 aliphatic carbocycles. The lowest BCUT2D eigenvalue weighted by Gasteiger charge is -2.03. The fraction of sp³-hybridized carbons (Fsp3) is 0.286. The van der Waals surface area contributed by atoms with Crippen LogP contribution in [0.1, 0.15) is 12.5 Å². The molecule has 13 heavy (non-hydrogen) atoms. The molecule has 1 rings (SSSR count). The third-order valence-electron chi connectivity index (χ3n) is 1.67. The molecule has 1 heterocycles. The predicted octanol–water partition coefficient (Wildman–Crippen LogP) is 1.90. The molecule has 2 N–H and O–H groups in total. The maximum absolute atomic E-state index is 10.6. The van der Waals surface area contributed by atoms with Crippen LogP contribution >= 0.6 is 15.9 Å². The van der Waals surface area contributed by atoms with Crippen molar-refractivity contribution in [2.45, 2.75) is 13.3 Å². The Morgan fingerprint density at radius 1 is 1.77 bits per heavy atom. The summed E-state index contributed by atoms with van der Waals surface area (Å²) < 4.78 is 0.621. The van der Waals surface area contributed by atoms with Gasteiger partial charge >= 0.3 is 5.69 Å². The van der Waals surface area contributed by atoms with E-state index in [1.165, 1.54) is 6.20 Å². The highest BCUT2D eigenvalue weighted by atomic mass is 79.9. The summed E-state index contributed by atoms with van der Waals surface area (Å²) in [6.07, 6.45) is 2.02. The smallest absolute Gasteiger partial charge is 0.315 e. The molecule has 0 atom stereocenters. The Morgan fingerprint density at radius 2 is 2.38 bits per heavy atom. The minimum Gasteiger partial charge on any atom is -0.378 e. The molecule has 0 aliphatic heterocycles. The van der Waals surface area contributed by atoms with Crippen molar-refractivity contribution in [1.29, 1.82) is 0 Å². The first-order valence-electron chi connectivity index (χ1n) is 3.65. The standard InChI is InChI=1S/C7H8BrN3O2/c1-2-4-5(8)3-10-7(9)6(4)11(12)13/h3H,2H2,1H3,(H2,9,10). The van der Waals surface area contributed by atoms with Gasteiger partial charge in [-0.1, -0.05) is 6.92 Å². The van der Waals surface area contributed by atoms with Gasteiger partial charge in [-0.15, -0.1) is 0 Å². The van der Waals surface area contributed by atoms with E-state index >= 15 is 0 Å². The molecular weight excluding hydrogens is 238 g/mol. The molecule has 0 saturated carbocycles. The van der Waals surface area contributed by atoms with Crippen molar-refractivity contribution in [1.82, 2.24) is 4.98 Å². The van der Waals surface area contributed by atoms with E-state index in [4.69, 9.17) is 5.73 Å². The molecule has 70 valence electrons. The van der Waals surface area contributed by atoms with Crippen LogP contribution in [0.5, 0.6) is 0 Å². The maximum atomic E-state index is 10.6. The number of nitrogens with two attached hydrogens (primary N) is 1. The fourth-order valence-electron chi connectivity index (χ4n) is 1.07. The van der Waals surface area contributed by atoms with Gasteiger partial charge < -0.3 is 5.73 Å². The molecule has 0 aliphatic rings. The summed E-state index contributed by atoms with van der Waals surface area (Å²) in [4.78, 5) is 13.8. The van der Waals surface area contributed by atoms with E-state index < -0.39 is 4.92 Å². The molecule has 0 spiro atoms. The van der Waals surface area contributed by atoms with Crippen molar-refractivity contribution in [2.75, 3.05) is 5.73 Å². The van der Waals surface area contributed by atoms with Crippen LogP contribution in [0.3, 0.4) is 0 Å². The van der Waals surface area contributed by atoms with Crippen LogP contribution in [-0.4, -0.2) is 9.91 Å². The second-order valence-electron chi connectivity index (χ2n) is 2.43. The molecule has 5 nitrogen and oxygen atoms in total. The van der Waals surface area contributed by atoms with Crippen LogP contribution in [0.4, 0.5) is 11.5 Å². The minimum atomic E-state index is -0.508. The third-order valence-corrected chi connectivity index (χ3v) is 2.35. The van der Waals surface area contributed by atoms with E-state index in [9.17, 15) is 10.1 Å².